The summed E-state index contributed by atoms with van der Waals surface area (Å²) in [5, 5.41) is 8.02. The number of carbonyl (C=O) groups excluding carboxylic acids is 1. The Kier molecular flexibility index (Phi) is 3.39. The third-order valence-corrected chi connectivity index (χ3v) is 5.16. The predicted molar refractivity (Wildman–Crippen MR) is 89.5 cm³/mol. The van der Waals surface area contributed by atoms with E-state index in [4.69, 9.17) is 9.47 Å². The lowest BCUT2D eigenvalue weighted by Crippen LogP contribution is -2.66. The molecule has 5 rings (SSSR count). The second kappa shape index (κ2) is 5.66. The molecule has 0 radical (unpaired) electrons. The Bertz CT molecular complexity index is 831. The van der Waals surface area contributed by atoms with E-state index in [1.807, 2.05) is 4.90 Å². The number of hydrogen-bond acceptors (Lipinski definition) is 6. The van der Waals surface area contributed by atoms with Crippen LogP contribution in [0.15, 0.2) is 30.6 Å². The second-order valence-electron chi connectivity index (χ2n) is 7.18. The van der Waals surface area contributed by atoms with Gasteiger partial charge in [0, 0.05) is 13.1 Å². The molecular weight excluding hydrogens is 341 g/mol. The average Bonchev–Trinajstić information content (AvgIpc) is 3.16. The predicted octanol–water partition coefficient (Wildman–Crippen LogP) is 1.28. The molecule has 4 heterocycles. The van der Waals surface area contributed by atoms with E-state index in [9.17, 15) is 9.18 Å². The van der Waals surface area contributed by atoms with Gasteiger partial charge in [0.05, 0.1) is 55.5 Å². The molecular formula is C17H18FN5O3. The summed E-state index contributed by atoms with van der Waals surface area (Å²) >= 11 is 0. The highest BCUT2D eigenvalue weighted by Crippen LogP contribution is 2.41. The van der Waals surface area contributed by atoms with Crippen molar-refractivity contribution in [3.63, 3.8) is 0 Å². The summed E-state index contributed by atoms with van der Waals surface area (Å²) in [6, 6.07) is 4.89. The lowest BCUT2D eigenvalue weighted by Gasteiger charge is -2.56. The van der Waals surface area contributed by atoms with Crippen molar-refractivity contribution >= 4 is 17.5 Å². The number of carbonyl (C=O) groups is 1. The molecule has 26 heavy (non-hydrogen) atoms. The van der Waals surface area contributed by atoms with E-state index in [0.717, 1.165) is 26.3 Å². The summed E-state index contributed by atoms with van der Waals surface area (Å²) in [6.45, 7) is 3.85. The summed E-state index contributed by atoms with van der Waals surface area (Å²) in [4.78, 5) is 17.1. The molecule has 0 saturated carbocycles. The molecule has 2 aromatic rings. The number of cyclic esters (lactones) is 1. The first-order valence-electron chi connectivity index (χ1n) is 8.56. The van der Waals surface area contributed by atoms with Crippen LogP contribution in [0.1, 0.15) is 0 Å². The number of halogens is 1. The number of ether oxygens (including phenoxy) is 2. The van der Waals surface area contributed by atoms with Gasteiger partial charge in [-0.05, 0) is 18.2 Å². The fraction of sp³-hybridized carbons (Fsp3) is 0.471. The van der Waals surface area contributed by atoms with Crippen molar-refractivity contribution in [3.8, 4) is 0 Å². The van der Waals surface area contributed by atoms with Gasteiger partial charge in [0.15, 0.2) is 0 Å². The molecule has 0 bridgehead atoms. The van der Waals surface area contributed by atoms with Gasteiger partial charge in [-0.15, -0.1) is 0 Å². The van der Waals surface area contributed by atoms with Crippen LogP contribution in [-0.2, 0) is 16.0 Å². The van der Waals surface area contributed by atoms with Gasteiger partial charge in [-0.3, -0.25) is 4.90 Å². The normalized spacial score (nSPS) is 23.7. The van der Waals surface area contributed by atoms with Crippen molar-refractivity contribution in [1.82, 2.24) is 15.0 Å². The van der Waals surface area contributed by atoms with E-state index in [1.54, 1.807) is 24.5 Å². The Balaban J connectivity index is 1.28. The Morgan fingerprint density at radius 3 is 2.65 bits per heavy atom. The minimum atomic E-state index is -0.483. The van der Waals surface area contributed by atoms with Crippen molar-refractivity contribution in [2.45, 2.75) is 12.6 Å². The van der Waals surface area contributed by atoms with Crippen LogP contribution < -0.4 is 9.80 Å². The number of aromatic nitrogens is 3. The SMILES string of the molecule is O=C1OC(Cn2nccn2)CN1c1ccc(N2CC3(COC3)C2)c(F)c1. The quantitative estimate of drug-likeness (QED) is 0.819. The molecule has 9 heteroatoms. The Morgan fingerprint density at radius 1 is 1.23 bits per heavy atom. The average molecular weight is 359 g/mol. The van der Waals surface area contributed by atoms with Gasteiger partial charge >= 0.3 is 6.09 Å². The smallest absolute Gasteiger partial charge is 0.414 e. The van der Waals surface area contributed by atoms with Crippen LogP contribution >= 0.6 is 0 Å². The molecule has 1 spiro atoms. The van der Waals surface area contributed by atoms with Gasteiger partial charge < -0.3 is 14.4 Å². The third-order valence-electron chi connectivity index (χ3n) is 5.16. The van der Waals surface area contributed by atoms with Gasteiger partial charge in [0.25, 0.3) is 0 Å². The first-order valence-corrected chi connectivity index (χ1v) is 8.56. The molecule has 3 fully saturated rings. The molecule has 1 aromatic carbocycles. The van der Waals surface area contributed by atoms with Gasteiger partial charge in [0.2, 0.25) is 0 Å². The lowest BCUT2D eigenvalue weighted by atomic mass is 9.78. The standard InChI is InChI=1S/C17H18FN5O3/c18-14-5-12(1-2-15(14)21-8-17(9-21)10-25-11-17)22-6-13(26-16(22)24)7-23-19-3-4-20-23/h1-5,13H,6-11H2. The van der Waals surface area contributed by atoms with E-state index >= 15 is 0 Å². The highest BCUT2D eigenvalue weighted by Gasteiger charge is 2.49. The maximum absolute atomic E-state index is 14.6. The summed E-state index contributed by atoms with van der Waals surface area (Å²) < 4.78 is 25.2. The van der Waals surface area contributed by atoms with Crippen LogP contribution in [0, 0.1) is 11.2 Å². The van der Waals surface area contributed by atoms with Crippen molar-refractivity contribution < 1.29 is 18.7 Å². The zero-order valence-electron chi connectivity index (χ0n) is 14.0. The zero-order valence-corrected chi connectivity index (χ0v) is 14.0. The lowest BCUT2D eigenvalue weighted by molar-refractivity contribution is -0.127. The van der Waals surface area contributed by atoms with E-state index in [0.29, 0.717) is 24.5 Å². The van der Waals surface area contributed by atoms with Crippen LogP contribution in [0.3, 0.4) is 0 Å². The fourth-order valence-corrected chi connectivity index (χ4v) is 3.77. The van der Waals surface area contributed by atoms with E-state index in [2.05, 4.69) is 10.2 Å². The second-order valence-corrected chi connectivity index (χ2v) is 7.18. The highest BCUT2D eigenvalue weighted by molar-refractivity contribution is 5.90. The van der Waals surface area contributed by atoms with Crippen molar-refractivity contribution in [2.24, 2.45) is 5.41 Å². The molecule has 8 nitrogen and oxygen atoms in total. The van der Waals surface area contributed by atoms with E-state index in [1.165, 1.54) is 15.8 Å². The van der Waals surface area contributed by atoms with E-state index in [-0.39, 0.29) is 17.3 Å². The maximum atomic E-state index is 14.6. The topological polar surface area (TPSA) is 72.7 Å². The number of anilines is 2. The molecule has 136 valence electrons. The van der Waals surface area contributed by atoms with Crippen LogP contribution in [-0.4, -0.2) is 60.0 Å². The monoisotopic (exact) mass is 359 g/mol. The van der Waals surface area contributed by atoms with Crippen LogP contribution in [0.2, 0.25) is 0 Å². The summed E-state index contributed by atoms with van der Waals surface area (Å²) in [5.74, 6) is -0.331. The first-order chi connectivity index (χ1) is 12.6. The third kappa shape index (κ3) is 2.50. The fourth-order valence-electron chi connectivity index (χ4n) is 3.77. The molecule has 1 amide bonds. The molecule has 1 aromatic heterocycles. The van der Waals surface area contributed by atoms with Crippen LogP contribution in [0.5, 0.6) is 0 Å². The van der Waals surface area contributed by atoms with Gasteiger partial charge in [-0.25, -0.2) is 9.18 Å². The Hall–Kier alpha value is -2.68. The Morgan fingerprint density at radius 2 is 2.00 bits per heavy atom. The minimum absolute atomic E-state index is 0.220. The number of rotatable bonds is 4. The Labute approximate surface area is 149 Å². The van der Waals surface area contributed by atoms with Crippen LogP contribution in [0.4, 0.5) is 20.6 Å². The van der Waals surface area contributed by atoms with Gasteiger partial charge in [-0.2, -0.15) is 15.0 Å². The van der Waals surface area contributed by atoms with E-state index < -0.39 is 6.09 Å². The molecule has 3 aliphatic rings. The molecule has 0 aliphatic carbocycles. The number of amides is 1. The zero-order chi connectivity index (χ0) is 17.7. The number of benzene rings is 1. The summed E-state index contributed by atoms with van der Waals surface area (Å²) in [5.41, 5.74) is 1.28. The van der Waals surface area contributed by atoms with Gasteiger partial charge in [0.1, 0.15) is 11.9 Å². The van der Waals surface area contributed by atoms with Gasteiger partial charge in [-0.1, -0.05) is 0 Å². The van der Waals surface area contributed by atoms with Crippen molar-refractivity contribution in [3.05, 3.63) is 36.4 Å². The summed E-state index contributed by atoms with van der Waals surface area (Å²) in [6.07, 6.45) is 2.28. The molecule has 3 aliphatic heterocycles. The largest absolute Gasteiger partial charge is 0.442 e. The first kappa shape index (κ1) is 15.6. The highest BCUT2D eigenvalue weighted by atomic mass is 19.1. The minimum Gasteiger partial charge on any atom is -0.442 e. The van der Waals surface area contributed by atoms with Crippen molar-refractivity contribution in [1.29, 1.82) is 0 Å². The molecule has 1 unspecified atom stereocenters. The van der Waals surface area contributed by atoms with Crippen LogP contribution in [0.25, 0.3) is 0 Å². The number of hydrogen-bond donors (Lipinski definition) is 0. The molecule has 3 saturated heterocycles. The van der Waals surface area contributed by atoms with Crippen molar-refractivity contribution in [2.75, 3.05) is 42.6 Å². The maximum Gasteiger partial charge on any atom is 0.414 e. The summed E-state index contributed by atoms with van der Waals surface area (Å²) in [7, 11) is 0. The molecule has 1 atom stereocenters. The number of nitrogens with zero attached hydrogens (tertiary/aromatic N) is 5. The molecule has 0 N–H and O–H groups in total.